The minimum absolute atomic E-state index is 0.00674. The molecule has 0 aliphatic heterocycles. The molecule has 1 aromatic rings. The van der Waals surface area contributed by atoms with Crippen LogP contribution in [0, 0.1) is 5.92 Å². The molecule has 1 aliphatic rings. The Morgan fingerprint density at radius 1 is 1.33 bits per heavy atom. The van der Waals surface area contributed by atoms with Crippen LogP contribution < -0.4 is 16.0 Å². The fourth-order valence-electron chi connectivity index (χ4n) is 2.74. The van der Waals surface area contributed by atoms with E-state index in [2.05, 4.69) is 43.1 Å². The van der Waals surface area contributed by atoms with Crippen LogP contribution in [0.15, 0.2) is 36.4 Å². The zero-order chi connectivity index (χ0) is 15.4. The molecule has 0 aromatic heterocycles. The molecule has 2 rings (SSSR count). The molecular weight excluding hydrogens is 262 g/mol. The third-order valence-corrected chi connectivity index (χ3v) is 3.88. The number of amides is 1. The van der Waals surface area contributed by atoms with E-state index in [9.17, 15) is 4.79 Å². The molecule has 3 N–H and O–H groups in total. The fraction of sp³-hybridized carbons (Fsp3) is 0.471. The Balaban J connectivity index is 1.99. The van der Waals surface area contributed by atoms with Crippen LogP contribution in [0.5, 0.6) is 0 Å². The highest BCUT2D eigenvalue weighted by molar-refractivity contribution is 5.94. The van der Waals surface area contributed by atoms with Crippen LogP contribution in [0.25, 0.3) is 0 Å². The summed E-state index contributed by atoms with van der Waals surface area (Å²) in [5, 5.41) is 2.95. The van der Waals surface area contributed by atoms with E-state index in [4.69, 9.17) is 5.73 Å². The van der Waals surface area contributed by atoms with E-state index in [1.54, 1.807) is 0 Å². The third-order valence-electron chi connectivity index (χ3n) is 3.88. The largest absolute Gasteiger partial charge is 0.369 e. The van der Waals surface area contributed by atoms with E-state index in [0.717, 1.165) is 12.2 Å². The van der Waals surface area contributed by atoms with Gasteiger partial charge in [0, 0.05) is 30.0 Å². The smallest absolute Gasteiger partial charge is 0.231 e. The van der Waals surface area contributed by atoms with Crippen molar-refractivity contribution in [1.82, 2.24) is 0 Å². The van der Waals surface area contributed by atoms with Gasteiger partial charge in [-0.15, -0.1) is 0 Å². The zero-order valence-electron chi connectivity index (χ0n) is 13.0. The molecule has 2 unspecified atom stereocenters. The monoisotopic (exact) mass is 287 g/mol. The van der Waals surface area contributed by atoms with Gasteiger partial charge in [0.05, 0.1) is 5.92 Å². The summed E-state index contributed by atoms with van der Waals surface area (Å²) >= 11 is 0. The van der Waals surface area contributed by atoms with E-state index in [1.165, 1.54) is 5.69 Å². The number of rotatable bonds is 5. The number of nitrogens with one attached hydrogen (secondary N) is 1. The molecule has 0 heterocycles. The average molecular weight is 287 g/mol. The molecule has 0 saturated heterocycles. The molecule has 21 heavy (non-hydrogen) atoms. The van der Waals surface area contributed by atoms with Gasteiger partial charge in [-0.2, -0.15) is 0 Å². The number of nitrogens with two attached hydrogens (primary N) is 1. The second-order valence-electron chi connectivity index (χ2n) is 5.81. The Morgan fingerprint density at radius 2 is 2.00 bits per heavy atom. The summed E-state index contributed by atoms with van der Waals surface area (Å²) in [6, 6.07) is 8.48. The summed E-state index contributed by atoms with van der Waals surface area (Å²) in [6.45, 7) is 7.46. The second kappa shape index (κ2) is 6.76. The summed E-state index contributed by atoms with van der Waals surface area (Å²) in [5.74, 6) is -0.0920. The van der Waals surface area contributed by atoms with E-state index in [0.29, 0.717) is 12.5 Å². The SMILES string of the molecule is CCN(c1ccc(NC(=O)C2C=CC(N)C2)cc1)C(C)C. The molecule has 0 fully saturated rings. The van der Waals surface area contributed by atoms with Crippen molar-refractivity contribution in [2.75, 3.05) is 16.8 Å². The minimum atomic E-state index is -0.109. The molecular formula is C17H25N3O. The molecule has 4 heteroatoms. The highest BCUT2D eigenvalue weighted by atomic mass is 16.1. The second-order valence-corrected chi connectivity index (χ2v) is 5.81. The number of carbonyl (C=O) groups excluding carboxylic acids is 1. The predicted octanol–water partition coefficient (Wildman–Crippen LogP) is 2.76. The summed E-state index contributed by atoms with van der Waals surface area (Å²) in [4.78, 5) is 14.4. The highest BCUT2D eigenvalue weighted by Gasteiger charge is 2.22. The lowest BCUT2D eigenvalue weighted by atomic mass is 10.1. The van der Waals surface area contributed by atoms with E-state index >= 15 is 0 Å². The van der Waals surface area contributed by atoms with Gasteiger partial charge in [-0.1, -0.05) is 12.2 Å². The lowest BCUT2D eigenvalue weighted by molar-refractivity contribution is -0.118. The molecule has 2 atom stereocenters. The lowest BCUT2D eigenvalue weighted by Crippen LogP contribution is -2.30. The van der Waals surface area contributed by atoms with Crippen LogP contribution in [0.2, 0.25) is 0 Å². The van der Waals surface area contributed by atoms with Crippen LogP contribution in [0.4, 0.5) is 11.4 Å². The van der Waals surface area contributed by atoms with Crippen LogP contribution in [-0.4, -0.2) is 24.5 Å². The maximum absolute atomic E-state index is 12.1. The van der Waals surface area contributed by atoms with Gasteiger partial charge in [0.15, 0.2) is 0 Å². The molecule has 1 aromatic carbocycles. The minimum Gasteiger partial charge on any atom is -0.369 e. The van der Waals surface area contributed by atoms with Crippen LogP contribution in [-0.2, 0) is 4.79 Å². The van der Waals surface area contributed by atoms with Gasteiger partial charge in [0.1, 0.15) is 0 Å². The first-order valence-electron chi connectivity index (χ1n) is 7.62. The van der Waals surface area contributed by atoms with Crippen molar-refractivity contribution in [2.24, 2.45) is 11.7 Å². The van der Waals surface area contributed by atoms with Crippen LogP contribution >= 0.6 is 0 Å². The molecule has 0 radical (unpaired) electrons. The number of nitrogens with zero attached hydrogens (tertiary/aromatic N) is 1. The fourth-order valence-corrected chi connectivity index (χ4v) is 2.74. The molecule has 4 nitrogen and oxygen atoms in total. The summed E-state index contributed by atoms with van der Waals surface area (Å²) in [6.07, 6.45) is 4.49. The van der Waals surface area contributed by atoms with Crippen molar-refractivity contribution in [3.05, 3.63) is 36.4 Å². The molecule has 0 saturated carbocycles. The standard InChI is InChI=1S/C17H25N3O/c1-4-20(12(2)3)16-9-7-15(8-10-16)19-17(21)13-5-6-14(18)11-13/h5-10,12-14H,4,11,18H2,1-3H3,(H,19,21). The summed E-state index contributed by atoms with van der Waals surface area (Å²) in [5.41, 5.74) is 7.79. The number of carbonyl (C=O) groups is 1. The first kappa shape index (κ1) is 15.6. The van der Waals surface area contributed by atoms with Crippen molar-refractivity contribution in [3.8, 4) is 0 Å². The first-order chi connectivity index (χ1) is 10.0. The van der Waals surface area contributed by atoms with Crippen molar-refractivity contribution < 1.29 is 4.79 Å². The van der Waals surface area contributed by atoms with Gasteiger partial charge >= 0.3 is 0 Å². The first-order valence-corrected chi connectivity index (χ1v) is 7.62. The Bertz CT molecular complexity index is 507. The zero-order valence-corrected chi connectivity index (χ0v) is 13.0. The quantitative estimate of drug-likeness (QED) is 0.819. The summed E-state index contributed by atoms with van der Waals surface area (Å²) < 4.78 is 0. The third kappa shape index (κ3) is 3.85. The normalized spacial score (nSPS) is 20.8. The number of hydrogen-bond acceptors (Lipinski definition) is 3. The van der Waals surface area contributed by atoms with Gasteiger partial charge in [-0.25, -0.2) is 0 Å². The molecule has 114 valence electrons. The Hall–Kier alpha value is -1.81. The van der Waals surface area contributed by atoms with Gasteiger partial charge in [-0.3, -0.25) is 4.79 Å². The molecule has 1 amide bonds. The lowest BCUT2D eigenvalue weighted by Gasteiger charge is -2.27. The predicted molar refractivity (Wildman–Crippen MR) is 88.5 cm³/mol. The maximum atomic E-state index is 12.1. The van der Waals surface area contributed by atoms with Crippen LogP contribution in [0.1, 0.15) is 27.2 Å². The van der Waals surface area contributed by atoms with Gasteiger partial charge < -0.3 is 16.0 Å². The molecule has 1 aliphatic carbocycles. The molecule has 0 spiro atoms. The van der Waals surface area contributed by atoms with Crippen molar-refractivity contribution >= 4 is 17.3 Å². The van der Waals surface area contributed by atoms with E-state index < -0.39 is 0 Å². The highest BCUT2D eigenvalue weighted by Crippen LogP contribution is 2.22. The number of hydrogen-bond donors (Lipinski definition) is 2. The maximum Gasteiger partial charge on any atom is 0.231 e. The number of anilines is 2. The number of benzene rings is 1. The van der Waals surface area contributed by atoms with E-state index in [1.807, 2.05) is 24.3 Å². The van der Waals surface area contributed by atoms with E-state index in [-0.39, 0.29) is 17.9 Å². The van der Waals surface area contributed by atoms with Gasteiger partial charge in [-0.05, 0) is 51.5 Å². The van der Waals surface area contributed by atoms with Crippen LogP contribution in [0.3, 0.4) is 0 Å². The Labute approximate surface area is 127 Å². The van der Waals surface area contributed by atoms with Gasteiger partial charge in [0.25, 0.3) is 0 Å². The Morgan fingerprint density at radius 3 is 2.48 bits per heavy atom. The van der Waals surface area contributed by atoms with Crippen molar-refractivity contribution in [3.63, 3.8) is 0 Å². The van der Waals surface area contributed by atoms with Crippen molar-refractivity contribution in [1.29, 1.82) is 0 Å². The van der Waals surface area contributed by atoms with Crippen molar-refractivity contribution in [2.45, 2.75) is 39.3 Å². The summed E-state index contributed by atoms with van der Waals surface area (Å²) in [7, 11) is 0. The Kier molecular flexibility index (Phi) is 5.02. The van der Waals surface area contributed by atoms with Gasteiger partial charge in [0.2, 0.25) is 5.91 Å². The average Bonchev–Trinajstić information content (AvgIpc) is 2.88. The molecule has 0 bridgehead atoms. The topological polar surface area (TPSA) is 58.4 Å².